The number of ketones is 1. The maximum absolute atomic E-state index is 13.1. The zero-order valence-electron chi connectivity index (χ0n) is 15.0. The summed E-state index contributed by atoms with van der Waals surface area (Å²) < 4.78 is 24.3. The minimum atomic E-state index is -0.597. The Morgan fingerprint density at radius 3 is 2.73 bits per heavy atom. The molecule has 2 aliphatic heterocycles. The average molecular weight is 356 g/mol. The molecule has 5 rings (SSSR count). The lowest BCUT2D eigenvalue weighted by atomic mass is 9.59. The van der Waals surface area contributed by atoms with Gasteiger partial charge in [0.1, 0.15) is 18.0 Å². The van der Waals surface area contributed by atoms with E-state index in [-0.39, 0.29) is 29.8 Å². The largest absolute Gasteiger partial charge is 0.356 e. The third kappa shape index (κ3) is 2.09. The minimum Gasteiger partial charge on any atom is -0.356 e. The third-order valence-electron chi connectivity index (χ3n) is 6.75. The number of hydrogen-bond donors (Lipinski definition) is 0. The Hall–Kier alpha value is -1.53. The van der Waals surface area contributed by atoms with Crippen LogP contribution in [0.5, 0.6) is 0 Å². The van der Waals surface area contributed by atoms with Crippen molar-refractivity contribution in [2.24, 2.45) is 23.2 Å². The molecular formula is C21H24O5. The number of carbonyl (C=O) groups is 1. The molecule has 8 atom stereocenters. The molecule has 2 aliphatic carbocycles. The highest BCUT2D eigenvalue weighted by atomic mass is 16.7. The van der Waals surface area contributed by atoms with Crippen molar-refractivity contribution in [1.82, 2.24) is 0 Å². The smallest absolute Gasteiger partial charge is 0.184 e. The molecule has 2 bridgehead atoms. The first-order valence-electron chi connectivity index (χ1n) is 9.36. The van der Waals surface area contributed by atoms with Crippen LogP contribution in [0.15, 0.2) is 42.5 Å². The van der Waals surface area contributed by atoms with E-state index in [2.05, 4.69) is 12.2 Å². The van der Waals surface area contributed by atoms with Gasteiger partial charge in [-0.15, -0.1) is 0 Å². The maximum atomic E-state index is 13.1. The lowest BCUT2D eigenvalue weighted by molar-refractivity contribution is -0.358. The highest BCUT2D eigenvalue weighted by Gasteiger charge is 2.70. The molecule has 5 heteroatoms. The number of allylic oxidation sites excluding steroid dienone is 2. The lowest BCUT2D eigenvalue weighted by Gasteiger charge is -2.56. The molecular weight excluding hydrogens is 332 g/mol. The van der Waals surface area contributed by atoms with Gasteiger partial charge in [-0.05, 0) is 25.2 Å². The quantitative estimate of drug-likeness (QED) is 0.780. The number of rotatable bonds is 3. The Kier molecular flexibility index (Phi) is 3.83. The Balaban J connectivity index is 1.56. The summed E-state index contributed by atoms with van der Waals surface area (Å²) >= 11 is 0. The monoisotopic (exact) mass is 356 g/mol. The molecule has 0 N–H and O–H groups in total. The fourth-order valence-corrected chi connectivity index (χ4v) is 5.78. The molecule has 138 valence electrons. The summed E-state index contributed by atoms with van der Waals surface area (Å²) in [5.41, 5.74) is 0.369. The molecule has 1 aromatic rings. The van der Waals surface area contributed by atoms with Gasteiger partial charge in [-0.2, -0.15) is 0 Å². The summed E-state index contributed by atoms with van der Waals surface area (Å²) in [7, 11) is 1.66. The van der Waals surface area contributed by atoms with E-state index in [0.717, 1.165) is 12.0 Å². The Labute approximate surface area is 153 Å². The Morgan fingerprint density at radius 1 is 1.19 bits per heavy atom. The van der Waals surface area contributed by atoms with Crippen molar-refractivity contribution in [3.05, 3.63) is 48.0 Å². The standard InChI is InChI=1S/C21H24O5/c1-12(22)21-15-9-8-14(10-15)17(21)20(23-2)25-16-11-24-19(26-18(16)21)13-6-4-3-5-7-13/h3-9,14-20H,10-11H2,1-2H3/t14-,15+,16+,17+,18+,19+,20-,21+/m0/s1. The van der Waals surface area contributed by atoms with E-state index in [1.54, 1.807) is 14.0 Å². The van der Waals surface area contributed by atoms with Crippen molar-refractivity contribution in [3.8, 4) is 0 Å². The van der Waals surface area contributed by atoms with Crippen LogP contribution in [-0.2, 0) is 23.7 Å². The molecule has 2 heterocycles. The molecule has 5 nitrogen and oxygen atoms in total. The van der Waals surface area contributed by atoms with Crippen LogP contribution in [0.25, 0.3) is 0 Å². The number of benzene rings is 1. The first kappa shape index (κ1) is 16.6. The van der Waals surface area contributed by atoms with Gasteiger partial charge >= 0.3 is 0 Å². The molecule has 0 radical (unpaired) electrons. The van der Waals surface area contributed by atoms with Crippen molar-refractivity contribution < 1.29 is 23.7 Å². The number of ether oxygens (including phenoxy) is 4. The van der Waals surface area contributed by atoms with Crippen molar-refractivity contribution in [3.63, 3.8) is 0 Å². The van der Waals surface area contributed by atoms with Crippen LogP contribution in [0.3, 0.4) is 0 Å². The Morgan fingerprint density at radius 2 is 2.00 bits per heavy atom. The van der Waals surface area contributed by atoms with Gasteiger partial charge in [0.15, 0.2) is 12.6 Å². The second-order valence-electron chi connectivity index (χ2n) is 7.82. The van der Waals surface area contributed by atoms with E-state index in [1.165, 1.54) is 0 Å². The fourth-order valence-electron chi connectivity index (χ4n) is 5.78. The average Bonchev–Trinajstić information content (AvgIpc) is 3.28. The topological polar surface area (TPSA) is 54.0 Å². The predicted octanol–water partition coefficient (Wildman–Crippen LogP) is 2.87. The van der Waals surface area contributed by atoms with Crippen LogP contribution < -0.4 is 0 Å². The lowest BCUT2D eigenvalue weighted by Crippen LogP contribution is -2.66. The first-order chi connectivity index (χ1) is 12.7. The van der Waals surface area contributed by atoms with Crippen LogP contribution in [-0.4, -0.2) is 38.0 Å². The second kappa shape index (κ2) is 5.99. The van der Waals surface area contributed by atoms with Gasteiger partial charge < -0.3 is 18.9 Å². The molecule has 0 unspecified atom stereocenters. The minimum absolute atomic E-state index is 0.00391. The van der Waals surface area contributed by atoms with E-state index in [1.807, 2.05) is 30.3 Å². The van der Waals surface area contributed by atoms with Crippen LogP contribution in [0, 0.1) is 23.2 Å². The van der Waals surface area contributed by atoms with E-state index in [4.69, 9.17) is 18.9 Å². The van der Waals surface area contributed by atoms with Crippen molar-refractivity contribution in [2.45, 2.75) is 38.1 Å². The summed E-state index contributed by atoms with van der Waals surface area (Å²) in [6, 6.07) is 9.89. The number of hydrogen-bond acceptors (Lipinski definition) is 5. The molecule has 1 aromatic carbocycles. The van der Waals surface area contributed by atoms with Gasteiger partial charge in [0.05, 0.1) is 12.0 Å². The van der Waals surface area contributed by atoms with Crippen LogP contribution in [0.1, 0.15) is 25.2 Å². The van der Waals surface area contributed by atoms with E-state index in [9.17, 15) is 4.79 Å². The normalized spacial score (nSPS) is 46.0. The second-order valence-corrected chi connectivity index (χ2v) is 7.82. The summed E-state index contributed by atoms with van der Waals surface area (Å²) in [5.74, 6) is 0.652. The van der Waals surface area contributed by atoms with Crippen LogP contribution in [0.4, 0.5) is 0 Å². The van der Waals surface area contributed by atoms with Crippen LogP contribution >= 0.6 is 0 Å². The van der Waals surface area contributed by atoms with Crippen molar-refractivity contribution in [2.75, 3.05) is 13.7 Å². The van der Waals surface area contributed by atoms with Crippen LogP contribution in [0.2, 0.25) is 0 Å². The van der Waals surface area contributed by atoms with Gasteiger partial charge in [0, 0.05) is 18.6 Å². The zero-order valence-corrected chi connectivity index (χ0v) is 15.0. The highest BCUT2D eigenvalue weighted by Crippen LogP contribution is 2.64. The van der Waals surface area contributed by atoms with Gasteiger partial charge in [-0.1, -0.05) is 42.5 Å². The summed E-state index contributed by atoms with van der Waals surface area (Å²) in [5, 5.41) is 0. The Bertz CT molecular complexity index is 731. The number of Topliss-reactive ketones (excluding diaryl/α,β-unsaturated/α-hetero) is 1. The van der Waals surface area contributed by atoms with Crippen molar-refractivity contribution >= 4 is 5.78 Å². The molecule has 3 fully saturated rings. The molecule has 4 aliphatic rings. The van der Waals surface area contributed by atoms with Gasteiger partial charge in [0.25, 0.3) is 0 Å². The molecule has 0 spiro atoms. The van der Waals surface area contributed by atoms with Crippen molar-refractivity contribution in [1.29, 1.82) is 0 Å². The van der Waals surface area contributed by atoms with Gasteiger partial charge in [-0.25, -0.2) is 0 Å². The van der Waals surface area contributed by atoms with Gasteiger partial charge in [-0.3, -0.25) is 4.79 Å². The first-order valence-corrected chi connectivity index (χ1v) is 9.36. The number of fused-ring (bicyclic) bond motifs is 7. The third-order valence-corrected chi connectivity index (χ3v) is 6.75. The molecule has 2 saturated heterocycles. The van der Waals surface area contributed by atoms with E-state index >= 15 is 0 Å². The summed E-state index contributed by atoms with van der Waals surface area (Å²) in [6.07, 6.45) is 3.90. The molecule has 0 aromatic heterocycles. The summed E-state index contributed by atoms with van der Waals surface area (Å²) in [4.78, 5) is 13.1. The highest BCUT2D eigenvalue weighted by molar-refractivity contribution is 5.85. The molecule has 0 amide bonds. The fraction of sp³-hybridized carbons (Fsp3) is 0.571. The predicted molar refractivity (Wildman–Crippen MR) is 93.0 cm³/mol. The van der Waals surface area contributed by atoms with E-state index < -0.39 is 18.0 Å². The SMILES string of the molecule is CO[C@H]1O[C@@H]2CO[C@@H](c3ccccc3)O[C@H]2[C@@]2(C(C)=O)[C@@H]1[C@H]1C=C[C@@H]2C1. The number of carbonyl (C=O) groups excluding carboxylic acids is 1. The zero-order chi connectivity index (χ0) is 17.9. The van der Waals surface area contributed by atoms with Gasteiger partial charge in [0.2, 0.25) is 0 Å². The maximum Gasteiger partial charge on any atom is 0.184 e. The molecule has 26 heavy (non-hydrogen) atoms. The molecule has 1 saturated carbocycles. The summed E-state index contributed by atoms with van der Waals surface area (Å²) in [6.45, 7) is 2.10. The number of methoxy groups -OCH3 is 1. The van der Waals surface area contributed by atoms with E-state index in [0.29, 0.717) is 12.5 Å².